The van der Waals surface area contributed by atoms with Crippen molar-refractivity contribution in [3.05, 3.63) is 51.1 Å². The van der Waals surface area contributed by atoms with Gasteiger partial charge in [0.05, 0.1) is 22.5 Å². The number of hydrogen-bond donors (Lipinski definition) is 1. The molecule has 31 heavy (non-hydrogen) atoms. The fourth-order valence-corrected chi connectivity index (χ4v) is 6.13. The van der Waals surface area contributed by atoms with Gasteiger partial charge in [0.2, 0.25) is 15.9 Å². The molecule has 0 atom stereocenters. The minimum absolute atomic E-state index is 0.133. The second kappa shape index (κ2) is 8.60. The molecule has 10 heteroatoms. The zero-order chi connectivity index (χ0) is 22.2. The summed E-state index contributed by atoms with van der Waals surface area (Å²) in [5, 5.41) is 4.76. The minimum Gasteiger partial charge on any atom is -0.350 e. The van der Waals surface area contributed by atoms with E-state index in [0.717, 1.165) is 17.7 Å². The smallest absolute Gasteiger partial charge is 0.329 e. The molecule has 166 valence electrons. The lowest BCUT2D eigenvalue weighted by atomic mass is 10.3. The molecule has 0 saturated carbocycles. The standard InChI is InChI=1S/C21H26N4O4S2/c1-15(2)25-18-8-7-17(31(28,29)23-9-3-4-10-23)12-19(18)24(21(25)27)14-20(26)22-13-16-6-5-11-30-16/h5-8,11-12,15H,3-4,9-10,13-14H2,1-2H3,(H,22,26). The molecule has 1 N–H and O–H groups in total. The van der Waals surface area contributed by atoms with E-state index in [4.69, 9.17) is 0 Å². The minimum atomic E-state index is -3.63. The number of imidazole rings is 1. The van der Waals surface area contributed by atoms with Gasteiger partial charge in [-0.2, -0.15) is 4.31 Å². The van der Waals surface area contributed by atoms with E-state index in [-0.39, 0.29) is 29.1 Å². The molecule has 1 saturated heterocycles. The summed E-state index contributed by atoms with van der Waals surface area (Å²) in [6.45, 7) is 5.00. The van der Waals surface area contributed by atoms with E-state index >= 15 is 0 Å². The third kappa shape index (κ3) is 4.19. The molecule has 1 aromatic carbocycles. The van der Waals surface area contributed by atoms with Gasteiger partial charge in [-0.05, 0) is 56.3 Å². The lowest BCUT2D eigenvalue weighted by molar-refractivity contribution is -0.121. The molecule has 2 aromatic heterocycles. The van der Waals surface area contributed by atoms with Crippen LogP contribution in [0.25, 0.3) is 11.0 Å². The Bertz CT molecular complexity index is 1250. The number of amides is 1. The SMILES string of the molecule is CC(C)n1c(=O)n(CC(=O)NCc2cccs2)c2cc(S(=O)(=O)N3CCCC3)ccc21. The molecule has 8 nitrogen and oxygen atoms in total. The molecule has 4 rings (SSSR count). The molecule has 0 aliphatic carbocycles. The van der Waals surface area contributed by atoms with Crippen LogP contribution >= 0.6 is 11.3 Å². The van der Waals surface area contributed by atoms with Crippen molar-refractivity contribution in [3.63, 3.8) is 0 Å². The molecule has 0 bridgehead atoms. The van der Waals surface area contributed by atoms with Gasteiger partial charge in [-0.15, -0.1) is 11.3 Å². The molecule has 3 heterocycles. The highest BCUT2D eigenvalue weighted by molar-refractivity contribution is 7.89. The molecular weight excluding hydrogens is 436 g/mol. The maximum atomic E-state index is 13.1. The third-order valence-corrected chi connectivity index (χ3v) is 8.27. The van der Waals surface area contributed by atoms with Crippen LogP contribution < -0.4 is 11.0 Å². The maximum Gasteiger partial charge on any atom is 0.329 e. The molecule has 0 unspecified atom stereocenters. The number of aromatic nitrogens is 2. The topological polar surface area (TPSA) is 93.4 Å². The van der Waals surface area contributed by atoms with Gasteiger partial charge in [0, 0.05) is 24.0 Å². The van der Waals surface area contributed by atoms with Crippen LogP contribution in [0.5, 0.6) is 0 Å². The van der Waals surface area contributed by atoms with E-state index in [0.29, 0.717) is 30.7 Å². The van der Waals surface area contributed by atoms with Crippen molar-refractivity contribution in [1.82, 2.24) is 18.8 Å². The summed E-state index contributed by atoms with van der Waals surface area (Å²) in [5.41, 5.74) is 0.740. The van der Waals surface area contributed by atoms with Crippen LogP contribution in [0.15, 0.2) is 45.4 Å². The quantitative estimate of drug-likeness (QED) is 0.584. The van der Waals surface area contributed by atoms with Crippen molar-refractivity contribution in [1.29, 1.82) is 0 Å². The molecule has 1 fully saturated rings. The predicted octanol–water partition coefficient (Wildman–Crippen LogP) is 2.55. The Hall–Kier alpha value is -2.43. The van der Waals surface area contributed by atoms with Crippen molar-refractivity contribution < 1.29 is 13.2 Å². The lowest BCUT2D eigenvalue weighted by Crippen LogP contribution is -2.33. The highest BCUT2D eigenvalue weighted by Gasteiger charge is 2.28. The van der Waals surface area contributed by atoms with Crippen molar-refractivity contribution in [2.24, 2.45) is 0 Å². The van der Waals surface area contributed by atoms with Gasteiger partial charge < -0.3 is 5.32 Å². The second-order valence-electron chi connectivity index (χ2n) is 7.95. The van der Waals surface area contributed by atoms with Gasteiger partial charge in [0.1, 0.15) is 6.54 Å². The van der Waals surface area contributed by atoms with Crippen LogP contribution in [0.4, 0.5) is 0 Å². The van der Waals surface area contributed by atoms with Gasteiger partial charge >= 0.3 is 5.69 Å². The monoisotopic (exact) mass is 462 g/mol. The molecule has 3 aromatic rings. The summed E-state index contributed by atoms with van der Waals surface area (Å²) in [5.74, 6) is -0.300. The van der Waals surface area contributed by atoms with E-state index in [2.05, 4.69) is 5.32 Å². The Labute approximate surface area is 185 Å². The number of benzene rings is 1. The van der Waals surface area contributed by atoms with E-state index in [1.807, 2.05) is 31.4 Å². The zero-order valence-corrected chi connectivity index (χ0v) is 19.2. The lowest BCUT2D eigenvalue weighted by Gasteiger charge is -2.15. The second-order valence-corrected chi connectivity index (χ2v) is 10.9. The van der Waals surface area contributed by atoms with Crippen LogP contribution in [0.1, 0.15) is 37.6 Å². The van der Waals surface area contributed by atoms with E-state index in [9.17, 15) is 18.0 Å². The Morgan fingerprint density at radius 1 is 1.16 bits per heavy atom. The van der Waals surface area contributed by atoms with Gasteiger partial charge in [-0.1, -0.05) is 6.07 Å². The van der Waals surface area contributed by atoms with Crippen molar-refractivity contribution in [2.45, 2.75) is 50.7 Å². The summed E-state index contributed by atoms with van der Waals surface area (Å²) in [6, 6.07) is 8.45. The van der Waals surface area contributed by atoms with Crippen LogP contribution in [0.2, 0.25) is 0 Å². The Morgan fingerprint density at radius 2 is 1.90 bits per heavy atom. The summed E-state index contributed by atoms with van der Waals surface area (Å²) in [4.78, 5) is 26.8. The van der Waals surface area contributed by atoms with E-state index in [1.54, 1.807) is 28.0 Å². The van der Waals surface area contributed by atoms with Gasteiger partial charge in [0.15, 0.2) is 0 Å². The van der Waals surface area contributed by atoms with E-state index < -0.39 is 10.0 Å². The Balaban J connectivity index is 1.71. The van der Waals surface area contributed by atoms with Gasteiger partial charge in [0.25, 0.3) is 0 Å². The molecule has 0 spiro atoms. The van der Waals surface area contributed by atoms with Crippen molar-refractivity contribution in [3.8, 4) is 0 Å². The Morgan fingerprint density at radius 3 is 2.55 bits per heavy atom. The maximum absolute atomic E-state index is 13.1. The fourth-order valence-electron chi connectivity index (χ4n) is 3.95. The van der Waals surface area contributed by atoms with Crippen LogP contribution in [-0.2, 0) is 27.9 Å². The molecule has 1 aliphatic rings. The third-order valence-electron chi connectivity index (χ3n) is 5.50. The molecule has 0 radical (unpaired) electrons. The molecule has 1 aliphatic heterocycles. The highest BCUT2D eigenvalue weighted by Crippen LogP contribution is 2.25. The fraction of sp³-hybridized carbons (Fsp3) is 0.429. The average molecular weight is 463 g/mol. The van der Waals surface area contributed by atoms with Crippen molar-refractivity contribution >= 4 is 38.3 Å². The number of sulfonamides is 1. The average Bonchev–Trinajstić information content (AvgIpc) is 3.48. The number of nitrogens with one attached hydrogen (secondary N) is 1. The number of fused-ring (bicyclic) bond motifs is 1. The first-order valence-corrected chi connectivity index (χ1v) is 12.6. The number of carbonyl (C=O) groups excluding carboxylic acids is 1. The first kappa shape index (κ1) is 21.8. The zero-order valence-electron chi connectivity index (χ0n) is 17.6. The van der Waals surface area contributed by atoms with Crippen molar-refractivity contribution in [2.75, 3.05) is 13.1 Å². The summed E-state index contributed by atoms with van der Waals surface area (Å²) in [7, 11) is -3.63. The first-order valence-electron chi connectivity index (χ1n) is 10.3. The highest BCUT2D eigenvalue weighted by atomic mass is 32.2. The number of carbonyl (C=O) groups is 1. The number of rotatable bonds is 7. The molecule has 1 amide bonds. The normalized spacial score (nSPS) is 15.2. The molecular formula is C21H26N4O4S2. The van der Waals surface area contributed by atoms with E-state index in [1.165, 1.54) is 14.9 Å². The largest absolute Gasteiger partial charge is 0.350 e. The van der Waals surface area contributed by atoms with Crippen LogP contribution in [-0.4, -0.2) is 40.9 Å². The van der Waals surface area contributed by atoms with Crippen LogP contribution in [0, 0.1) is 0 Å². The first-order chi connectivity index (χ1) is 14.8. The van der Waals surface area contributed by atoms with Gasteiger partial charge in [-0.3, -0.25) is 13.9 Å². The summed E-state index contributed by atoms with van der Waals surface area (Å²) < 4.78 is 30.5. The summed E-state index contributed by atoms with van der Waals surface area (Å²) in [6.07, 6.45) is 1.70. The van der Waals surface area contributed by atoms with Crippen LogP contribution in [0.3, 0.4) is 0 Å². The van der Waals surface area contributed by atoms with Gasteiger partial charge in [-0.25, -0.2) is 13.2 Å². The summed E-state index contributed by atoms with van der Waals surface area (Å²) >= 11 is 1.54. The number of thiophene rings is 1. The number of nitrogens with zero attached hydrogens (tertiary/aromatic N) is 3. The number of hydrogen-bond acceptors (Lipinski definition) is 5. The Kier molecular flexibility index (Phi) is 6.05. The predicted molar refractivity (Wildman–Crippen MR) is 121 cm³/mol.